The number of halogens is 1. The summed E-state index contributed by atoms with van der Waals surface area (Å²) in [5.41, 5.74) is 1.46. The maximum absolute atomic E-state index is 12.1. The van der Waals surface area contributed by atoms with E-state index in [1.54, 1.807) is 13.2 Å². The van der Waals surface area contributed by atoms with Crippen LogP contribution in [-0.2, 0) is 11.8 Å². The van der Waals surface area contributed by atoms with Crippen molar-refractivity contribution in [1.82, 2.24) is 14.7 Å². The molecular weight excluding hydrogens is 386 g/mol. The number of hydrogen-bond donors (Lipinski definition) is 1. The molecule has 0 spiro atoms. The van der Waals surface area contributed by atoms with E-state index in [1.807, 2.05) is 30.3 Å². The number of aromatic nitrogens is 2. The van der Waals surface area contributed by atoms with Crippen molar-refractivity contribution in [2.24, 2.45) is 7.05 Å². The van der Waals surface area contributed by atoms with Gasteiger partial charge in [0, 0.05) is 38.9 Å². The second kappa shape index (κ2) is 7.79. The highest BCUT2D eigenvalue weighted by atomic mass is 79.9. The third-order valence-electron chi connectivity index (χ3n) is 4.20. The molecule has 2 aromatic rings. The molecule has 1 aliphatic heterocycles. The zero-order valence-electron chi connectivity index (χ0n) is 14.0. The molecule has 1 fully saturated rings. The number of hydrogen-bond acceptors (Lipinski definition) is 5. The summed E-state index contributed by atoms with van der Waals surface area (Å²) in [7, 11) is 1.63. The van der Waals surface area contributed by atoms with E-state index in [9.17, 15) is 9.59 Å². The van der Waals surface area contributed by atoms with Gasteiger partial charge in [0.25, 0.3) is 5.56 Å². The standard InChI is InChI=1S/C17H20BrN5O2/c1-21-17(25)16(18)14(11-19-21)23-9-7-22(8-10-23)12-15(24)20-13-5-3-2-4-6-13/h2-6,11H,7-10,12H2,1H3,(H,20,24). The quantitative estimate of drug-likeness (QED) is 0.829. The zero-order chi connectivity index (χ0) is 17.8. The van der Waals surface area contributed by atoms with Crippen molar-refractivity contribution in [3.05, 3.63) is 51.4 Å². The summed E-state index contributed by atoms with van der Waals surface area (Å²) in [6, 6.07) is 9.44. The first-order valence-corrected chi connectivity index (χ1v) is 8.88. The van der Waals surface area contributed by atoms with Crippen molar-refractivity contribution in [3.63, 3.8) is 0 Å². The minimum absolute atomic E-state index is 0.0175. The first-order chi connectivity index (χ1) is 12.0. The number of para-hydroxylation sites is 1. The van der Waals surface area contributed by atoms with Gasteiger partial charge in [-0.1, -0.05) is 18.2 Å². The maximum atomic E-state index is 12.1. The molecule has 1 saturated heterocycles. The highest BCUT2D eigenvalue weighted by Crippen LogP contribution is 2.22. The van der Waals surface area contributed by atoms with Gasteiger partial charge in [-0.05, 0) is 28.1 Å². The molecule has 1 aromatic heterocycles. The van der Waals surface area contributed by atoms with Gasteiger partial charge in [0.05, 0.1) is 18.4 Å². The van der Waals surface area contributed by atoms with Gasteiger partial charge in [-0.3, -0.25) is 14.5 Å². The number of nitrogens with one attached hydrogen (secondary N) is 1. The number of aryl methyl sites for hydroxylation is 1. The highest BCUT2D eigenvalue weighted by molar-refractivity contribution is 9.10. The predicted octanol–water partition coefficient (Wildman–Crippen LogP) is 1.30. The lowest BCUT2D eigenvalue weighted by Gasteiger charge is -2.35. The van der Waals surface area contributed by atoms with Gasteiger partial charge >= 0.3 is 0 Å². The average Bonchev–Trinajstić information content (AvgIpc) is 2.62. The van der Waals surface area contributed by atoms with E-state index in [0.717, 1.165) is 37.6 Å². The second-order valence-electron chi connectivity index (χ2n) is 5.95. The van der Waals surface area contributed by atoms with Crippen molar-refractivity contribution in [2.75, 3.05) is 42.9 Å². The van der Waals surface area contributed by atoms with Crippen molar-refractivity contribution in [2.45, 2.75) is 0 Å². The van der Waals surface area contributed by atoms with Crippen molar-refractivity contribution < 1.29 is 4.79 Å². The molecule has 8 heteroatoms. The molecule has 7 nitrogen and oxygen atoms in total. The summed E-state index contributed by atoms with van der Waals surface area (Å²) in [5.74, 6) is -0.0175. The maximum Gasteiger partial charge on any atom is 0.282 e. The normalized spacial score (nSPS) is 15.2. The molecule has 0 radical (unpaired) electrons. The molecule has 2 heterocycles. The Balaban J connectivity index is 1.55. The number of rotatable bonds is 4. The number of piperazine rings is 1. The van der Waals surface area contributed by atoms with Gasteiger partial charge in [-0.2, -0.15) is 5.10 Å². The van der Waals surface area contributed by atoms with Crippen LogP contribution in [0, 0.1) is 0 Å². The van der Waals surface area contributed by atoms with Gasteiger partial charge < -0.3 is 10.2 Å². The lowest BCUT2D eigenvalue weighted by Crippen LogP contribution is -2.49. The van der Waals surface area contributed by atoms with Gasteiger partial charge in [0.1, 0.15) is 4.47 Å². The monoisotopic (exact) mass is 405 g/mol. The third kappa shape index (κ3) is 4.26. The first kappa shape index (κ1) is 17.6. The smallest absolute Gasteiger partial charge is 0.282 e. The zero-order valence-corrected chi connectivity index (χ0v) is 15.6. The summed E-state index contributed by atoms with van der Waals surface area (Å²) < 4.78 is 1.83. The SMILES string of the molecule is Cn1ncc(N2CCN(CC(=O)Nc3ccccc3)CC2)c(Br)c1=O. The topological polar surface area (TPSA) is 70.5 Å². The summed E-state index contributed by atoms with van der Waals surface area (Å²) in [5, 5.41) is 6.98. The van der Waals surface area contributed by atoms with E-state index >= 15 is 0 Å². The minimum Gasteiger partial charge on any atom is -0.367 e. The fourth-order valence-electron chi connectivity index (χ4n) is 2.79. The lowest BCUT2D eigenvalue weighted by atomic mass is 10.2. The van der Waals surface area contributed by atoms with E-state index in [-0.39, 0.29) is 11.5 Å². The number of carbonyl (C=O) groups excluding carboxylic acids is 1. The number of anilines is 2. The Bertz CT molecular complexity index is 800. The molecule has 0 atom stereocenters. The molecule has 0 unspecified atom stereocenters. The minimum atomic E-state index is -0.151. The van der Waals surface area contributed by atoms with Crippen LogP contribution in [0.5, 0.6) is 0 Å². The van der Waals surface area contributed by atoms with Crippen molar-refractivity contribution in [3.8, 4) is 0 Å². The molecule has 132 valence electrons. The predicted molar refractivity (Wildman–Crippen MR) is 101 cm³/mol. The first-order valence-electron chi connectivity index (χ1n) is 8.08. The fourth-order valence-corrected chi connectivity index (χ4v) is 3.40. The van der Waals surface area contributed by atoms with Gasteiger partial charge in [-0.15, -0.1) is 0 Å². The Morgan fingerprint density at radius 3 is 2.56 bits per heavy atom. The Hall–Kier alpha value is -2.19. The Labute approximate surface area is 154 Å². The van der Waals surface area contributed by atoms with Gasteiger partial charge in [0.15, 0.2) is 0 Å². The van der Waals surface area contributed by atoms with Crippen LogP contribution < -0.4 is 15.8 Å². The van der Waals surface area contributed by atoms with Gasteiger partial charge in [-0.25, -0.2) is 4.68 Å². The molecular formula is C17H20BrN5O2. The third-order valence-corrected chi connectivity index (χ3v) is 4.94. The van der Waals surface area contributed by atoms with E-state index in [1.165, 1.54) is 4.68 Å². The van der Waals surface area contributed by atoms with E-state index in [2.05, 4.69) is 36.1 Å². The number of nitrogens with zero attached hydrogens (tertiary/aromatic N) is 4. The van der Waals surface area contributed by atoms with Crippen LogP contribution in [0.25, 0.3) is 0 Å². The van der Waals surface area contributed by atoms with Crippen LogP contribution in [0.2, 0.25) is 0 Å². The molecule has 0 aliphatic carbocycles. The highest BCUT2D eigenvalue weighted by Gasteiger charge is 2.22. The summed E-state index contributed by atoms with van der Waals surface area (Å²) >= 11 is 3.37. The Morgan fingerprint density at radius 2 is 1.88 bits per heavy atom. The number of carbonyl (C=O) groups is 1. The van der Waals surface area contributed by atoms with E-state index in [4.69, 9.17) is 0 Å². The van der Waals surface area contributed by atoms with E-state index < -0.39 is 0 Å². The van der Waals surface area contributed by atoms with Crippen LogP contribution in [0.3, 0.4) is 0 Å². The van der Waals surface area contributed by atoms with Crippen LogP contribution in [0.15, 0.2) is 45.8 Å². The van der Waals surface area contributed by atoms with Crippen molar-refractivity contribution in [1.29, 1.82) is 0 Å². The lowest BCUT2D eigenvalue weighted by molar-refractivity contribution is -0.117. The largest absolute Gasteiger partial charge is 0.367 e. The molecule has 1 N–H and O–H groups in total. The average molecular weight is 406 g/mol. The number of benzene rings is 1. The molecule has 3 rings (SSSR count). The molecule has 1 aromatic carbocycles. The molecule has 1 aliphatic rings. The second-order valence-corrected chi connectivity index (χ2v) is 6.74. The number of amides is 1. The molecule has 0 saturated carbocycles. The summed E-state index contributed by atoms with van der Waals surface area (Å²) in [4.78, 5) is 28.3. The molecule has 1 amide bonds. The van der Waals surface area contributed by atoms with Crippen LogP contribution in [0.1, 0.15) is 0 Å². The Morgan fingerprint density at radius 1 is 1.20 bits per heavy atom. The fraction of sp³-hybridized carbons (Fsp3) is 0.353. The van der Waals surface area contributed by atoms with Crippen LogP contribution >= 0.6 is 15.9 Å². The molecule has 25 heavy (non-hydrogen) atoms. The molecule has 0 bridgehead atoms. The van der Waals surface area contributed by atoms with E-state index in [0.29, 0.717) is 11.0 Å². The van der Waals surface area contributed by atoms with Gasteiger partial charge in [0.2, 0.25) is 5.91 Å². The van der Waals surface area contributed by atoms with Crippen LogP contribution in [-0.4, -0.2) is 53.3 Å². The Kier molecular flexibility index (Phi) is 5.50. The van der Waals surface area contributed by atoms with Crippen LogP contribution in [0.4, 0.5) is 11.4 Å². The summed E-state index contributed by atoms with van der Waals surface area (Å²) in [6.07, 6.45) is 1.70. The summed E-state index contributed by atoms with van der Waals surface area (Å²) in [6.45, 7) is 3.35. The van der Waals surface area contributed by atoms with Crippen molar-refractivity contribution >= 4 is 33.2 Å².